The largest absolute Gasteiger partial charge is 0.328 e. The van der Waals surface area contributed by atoms with Gasteiger partial charge in [0.1, 0.15) is 5.82 Å². The lowest BCUT2D eigenvalue weighted by molar-refractivity contribution is -0.120. The first-order valence-electron chi connectivity index (χ1n) is 15.4. The number of aryl methyl sites for hydroxylation is 1. The van der Waals surface area contributed by atoms with Gasteiger partial charge in [-0.05, 0) is 91.2 Å². The van der Waals surface area contributed by atoms with Gasteiger partial charge in [-0.3, -0.25) is 14.9 Å². The summed E-state index contributed by atoms with van der Waals surface area (Å²) in [6, 6.07) is 18.3. The second kappa shape index (κ2) is 15.5. The maximum Gasteiger partial charge on any atom is 0.241 e. The summed E-state index contributed by atoms with van der Waals surface area (Å²) in [5.74, 6) is -0.201. The van der Waals surface area contributed by atoms with E-state index in [9.17, 15) is 14.0 Å². The molecule has 3 aromatic carbocycles. The summed E-state index contributed by atoms with van der Waals surface area (Å²) in [7, 11) is 0. The van der Waals surface area contributed by atoms with Crippen LogP contribution in [-0.4, -0.2) is 24.9 Å². The number of nitrogens with one attached hydrogen (secondary N) is 4. The first-order valence-corrected chi connectivity index (χ1v) is 15.8. The van der Waals surface area contributed by atoms with Crippen molar-refractivity contribution in [2.75, 3.05) is 17.2 Å². The number of amides is 2. The number of hydrogen-bond donors (Lipinski definition) is 4. The van der Waals surface area contributed by atoms with Crippen LogP contribution in [0.3, 0.4) is 0 Å². The molecule has 2 aliphatic rings. The van der Waals surface area contributed by atoms with E-state index in [-0.39, 0.29) is 34.2 Å². The Morgan fingerprint density at radius 3 is 2.51 bits per heavy atom. The molecule has 1 aliphatic heterocycles. The van der Waals surface area contributed by atoms with Gasteiger partial charge in [0.15, 0.2) is 0 Å². The molecule has 0 bridgehead atoms. The van der Waals surface area contributed by atoms with E-state index in [1.165, 1.54) is 29.7 Å². The molecule has 43 heavy (non-hydrogen) atoms. The zero-order chi connectivity index (χ0) is 30.8. The molecule has 1 saturated carbocycles. The first-order chi connectivity index (χ1) is 20.8. The third-order valence-electron chi connectivity index (χ3n) is 8.72. The summed E-state index contributed by atoms with van der Waals surface area (Å²) in [5.41, 5.74) is 6.14. The van der Waals surface area contributed by atoms with Crippen LogP contribution in [0, 0.1) is 18.7 Å². The molecule has 4 N–H and O–H groups in total. The Bertz CT molecular complexity index is 1370. The highest BCUT2D eigenvalue weighted by atomic mass is 35.5. The molecule has 0 saturated heterocycles. The molecule has 0 aromatic heterocycles. The number of carbonyl (C=O) groups is 2. The second-order valence-electron chi connectivity index (χ2n) is 11.8. The normalized spacial score (nSPS) is 17.0. The highest BCUT2D eigenvalue weighted by Crippen LogP contribution is 2.42. The van der Waals surface area contributed by atoms with Crippen molar-refractivity contribution in [3.05, 3.63) is 93.8 Å². The van der Waals surface area contributed by atoms with Crippen LogP contribution in [0.25, 0.3) is 0 Å². The second-order valence-corrected chi connectivity index (χ2v) is 12.2. The van der Waals surface area contributed by atoms with Gasteiger partial charge in [0.25, 0.3) is 0 Å². The molecule has 2 amide bonds. The summed E-state index contributed by atoms with van der Waals surface area (Å²) in [5, 5.41) is 13.6. The standard InChI is InChI=1S/C29H40N4O2.C6H4ClF/c1-4-21(3)27(28(35)32-24-10-9-23-18-30-15-12-22(23)17-24)33-29(13-6-5-7-14-29)25-11-8-20(2)16-26(25)31-19-34;7-5-3-1-2-4-6(5)8/h8-11,16-17,19,21,27,30,33H,4-7,12-15,18H2,1-3H3,(H,31,34)(H,32,35);1-4H/t21-,27?;/m1./s1. The molecule has 230 valence electrons. The Labute approximate surface area is 260 Å². The van der Waals surface area contributed by atoms with Crippen molar-refractivity contribution in [3.8, 4) is 0 Å². The van der Waals surface area contributed by atoms with E-state index < -0.39 is 0 Å². The Morgan fingerprint density at radius 2 is 1.84 bits per heavy atom. The van der Waals surface area contributed by atoms with E-state index in [2.05, 4.69) is 59.4 Å². The molecule has 1 unspecified atom stereocenters. The average molecular weight is 607 g/mol. The Hall–Kier alpha value is -3.26. The number of benzene rings is 3. The van der Waals surface area contributed by atoms with Crippen LogP contribution >= 0.6 is 11.6 Å². The molecule has 1 aliphatic carbocycles. The Kier molecular flexibility index (Phi) is 11.7. The molecular formula is C35H44ClFN4O2. The Morgan fingerprint density at radius 1 is 1.07 bits per heavy atom. The van der Waals surface area contributed by atoms with Crippen LogP contribution in [-0.2, 0) is 28.1 Å². The molecule has 8 heteroatoms. The molecule has 5 rings (SSSR count). The first kappa shape index (κ1) is 32.6. The zero-order valence-electron chi connectivity index (χ0n) is 25.4. The molecule has 0 radical (unpaired) electrons. The number of carbonyl (C=O) groups excluding carboxylic acids is 2. The predicted octanol–water partition coefficient (Wildman–Crippen LogP) is 7.49. The molecule has 0 spiro atoms. The summed E-state index contributed by atoms with van der Waals surface area (Å²) in [6.07, 6.45) is 7.88. The molecule has 3 aromatic rings. The highest BCUT2D eigenvalue weighted by Gasteiger charge is 2.40. The summed E-state index contributed by atoms with van der Waals surface area (Å²) in [6.45, 7) is 8.17. The lowest BCUT2D eigenvalue weighted by Crippen LogP contribution is -2.56. The van der Waals surface area contributed by atoms with Crippen molar-refractivity contribution in [3.63, 3.8) is 0 Å². The zero-order valence-corrected chi connectivity index (χ0v) is 26.2. The smallest absolute Gasteiger partial charge is 0.241 e. The van der Waals surface area contributed by atoms with Crippen molar-refractivity contribution in [1.82, 2.24) is 10.6 Å². The summed E-state index contributed by atoms with van der Waals surface area (Å²) < 4.78 is 12.2. The van der Waals surface area contributed by atoms with Crippen LogP contribution < -0.4 is 21.3 Å². The maximum absolute atomic E-state index is 13.7. The minimum absolute atomic E-state index is 0.00944. The maximum atomic E-state index is 13.7. The van der Waals surface area contributed by atoms with Gasteiger partial charge in [0, 0.05) is 23.5 Å². The van der Waals surface area contributed by atoms with Crippen LogP contribution in [0.5, 0.6) is 0 Å². The molecular weight excluding hydrogens is 563 g/mol. The molecule has 2 atom stereocenters. The van der Waals surface area contributed by atoms with Gasteiger partial charge in [-0.15, -0.1) is 0 Å². The SMILES string of the molecule is CC[C@@H](C)C(NC1(c2ccc(C)cc2NC=O)CCCCC1)C(=O)Nc1ccc2c(c1)CCNC2.Fc1ccccc1Cl. The average Bonchev–Trinajstić information content (AvgIpc) is 3.02. The van der Waals surface area contributed by atoms with Crippen molar-refractivity contribution < 1.29 is 14.0 Å². The quantitative estimate of drug-likeness (QED) is 0.190. The monoisotopic (exact) mass is 606 g/mol. The van der Waals surface area contributed by atoms with E-state index in [1.807, 2.05) is 19.1 Å². The molecule has 1 fully saturated rings. The fraction of sp³-hybridized carbons (Fsp3) is 0.429. The predicted molar refractivity (Wildman–Crippen MR) is 174 cm³/mol. The topological polar surface area (TPSA) is 82.3 Å². The minimum atomic E-state index is -0.367. The van der Waals surface area contributed by atoms with E-state index in [0.717, 1.165) is 80.5 Å². The summed E-state index contributed by atoms with van der Waals surface area (Å²) in [4.78, 5) is 25.2. The van der Waals surface area contributed by atoms with Gasteiger partial charge in [0.05, 0.1) is 11.1 Å². The molecule has 6 nitrogen and oxygen atoms in total. The van der Waals surface area contributed by atoms with E-state index >= 15 is 0 Å². The van der Waals surface area contributed by atoms with Crippen molar-refractivity contribution in [2.24, 2.45) is 5.92 Å². The third kappa shape index (κ3) is 8.43. The van der Waals surface area contributed by atoms with Crippen molar-refractivity contribution in [2.45, 2.75) is 83.8 Å². The minimum Gasteiger partial charge on any atom is -0.328 e. The number of anilines is 2. The van der Waals surface area contributed by atoms with E-state index in [4.69, 9.17) is 11.6 Å². The van der Waals surface area contributed by atoms with Gasteiger partial charge in [-0.2, -0.15) is 0 Å². The van der Waals surface area contributed by atoms with E-state index in [0.29, 0.717) is 0 Å². The lowest BCUT2D eigenvalue weighted by atomic mass is 9.74. The highest BCUT2D eigenvalue weighted by molar-refractivity contribution is 6.30. The number of halogens is 2. The van der Waals surface area contributed by atoms with Gasteiger partial charge in [0.2, 0.25) is 12.3 Å². The Balaban J connectivity index is 0.000000458. The van der Waals surface area contributed by atoms with Crippen LogP contribution in [0.4, 0.5) is 15.8 Å². The third-order valence-corrected chi connectivity index (χ3v) is 9.03. The van der Waals surface area contributed by atoms with Gasteiger partial charge < -0.3 is 16.0 Å². The fourth-order valence-electron chi connectivity index (χ4n) is 6.12. The van der Waals surface area contributed by atoms with Gasteiger partial charge in [-0.1, -0.05) is 81.5 Å². The lowest BCUT2D eigenvalue weighted by Gasteiger charge is -2.43. The van der Waals surface area contributed by atoms with Crippen LogP contribution in [0.1, 0.15) is 74.6 Å². The number of hydrogen-bond acceptors (Lipinski definition) is 4. The number of rotatable bonds is 9. The fourth-order valence-corrected chi connectivity index (χ4v) is 6.25. The van der Waals surface area contributed by atoms with Crippen LogP contribution in [0.15, 0.2) is 60.7 Å². The van der Waals surface area contributed by atoms with Crippen molar-refractivity contribution in [1.29, 1.82) is 0 Å². The molecule has 1 heterocycles. The van der Waals surface area contributed by atoms with Crippen LogP contribution in [0.2, 0.25) is 5.02 Å². The van der Waals surface area contributed by atoms with Gasteiger partial charge >= 0.3 is 0 Å². The van der Waals surface area contributed by atoms with Crippen molar-refractivity contribution >= 4 is 35.3 Å². The van der Waals surface area contributed by atoms with E-state index in [1.54, 1.807) is 12.1 Å². The number of fused-ring (bicyclic) bond motifs is 1. The van der Waals surface area contributed by atoms with Gasteiger partial charge in [-0.25, -0.2) is 4.39 Å². The summed E-state index contributed by atoms with van der Waals surface area (Å²) >= 11 is 5.33.